The standard InChI is InChI=1S/C39H38N6O/c1-3-40-38(46)44-25-23-43(24-26-44)37-21-22-41-36-20-19-30(27-34(36)37)35-28-45(42-29(35)2)39(31-13-7-4-8-14-31,32-15-9-5-10-16-32)33-17-11-6-12-18-33/h4-22,27-28H,3,23-26H2,1-2H3,(H,40,46). The van der Waals surface area contributed by atoms with Gasteiger partial charge in [0.25, 0.3) is 0 Å². The normalized spacial score (nSPS) is 13.6. The van der Waals surface area contributed by atoms with Crippen LogP contribution in [-0.4, -0.2) is 58.4 Å². The summed E-state index contributed by atoms with van der Waals surface area (Å²) in [6.45, 7) is 7.58. The van der Waals surface area contributed by atoms with Crippen LogP contribution in [0.2, 0.25) is 0 Å². The number of hydrogen-bond acceptors (Lipinski definition) is 4. The predicted octanol–water partition coefficient (Wildman–Crippen LogP) is 7.10. The number of amides is 2. The average Bonchev–Trinajstić information content (AvgIpc) is 3.51. The Labute approximate surface area is 270 Å². The first-order chi connectivity index (χ1) is 22.6. The summed E-state index contributed by atoms with van der Waals surface area (Å²) in [6.07, 6.45) is 4.08. The fraction of sp³-hybridized carbons (Fsp3) is 0.205. The van der Waals surface area contributed by atoms with Gasteiger partial charge in [0.05, 0.1) is 11.2 Å². The van der Waals surface area contributed by atoms with Crippen molar-refractivity contribution in [2.24, 2.45) is 0 Å². The fourth-order valence-electron chi connectivity index (χ4n) is 6.84. The van der Waals surface area contributed by atoms with Crippen molar-refractivity contribution in [3.8, 4) is 11.1 Å². The van der Waals surface area contributed by atoms with Gasteiger partial charge in [-0.3, -0.25) is 9.67 Å². The minimum Gasteiger partial charge on any atom is -0.367 e. The van der Waals surface area contributed by atoms with Gasteiger partial charge in [-0.2, -0.15) is 5.10 Å². The van der Waals surface area contributed by atoms with Crippen LogP contribution in [0, 0.1) is 6.92 Å². The van der Waals surface area contributed by atoms with Gasteiger partial charge >= 0.3 is 6.03 Å². The summed E-state index contributed by atoms with van der Waals surface area (Å²) in [7, 11) is 0. The Morgan fingerprint density at radius 1 is 0.783 bits per heavy atom. The van der Waals surface area contributed by atoms with Gasteiger partial charge in [0.15, 0.2) is 0 Å². The van der Waals surface area contributed by atoms with Gasteiger partial charge in [-0.1, -0.05) is 97.1 Å². The third-order valence-corrected chi connectivity index (χ3v) is 9.08. The molecule has 0 atom stereocenters. The summed E-state index contributed by atoms with van der Waals surface area (Å²) in [6, 6.07) is 40.5. The number of rotatable bonds is 7. The maximum Gasteiger partial charge on any atom is 0.317 e. The van der Waals surface area contributed by atoms with E-state index in [1.54, 1.807) is 0 Å². The Hall–Kier alpha value is -5.43. The summed E-state index contributed by atoms with van der Waals surface area (Å²) < 4.78 is 2.15. The van der Waals surface area contributed by atoms with Gasteiger partial charge in [-0.15, -0.1) is 0 Å². The molecular formula is C39H38N6O. The molecule has 230 valence electrons. The third-order valence-electron chi connectivity index (χ3n) is 9.08. The van der Waals surface area contributed by atoms with E-state index >= 15 is 0 Å². The van der Waals surface area contributed by atoms with Gasteiger partial charge in [0.2, 0.25) is 0 Å². The van der Waals surface area contributed by atoms with E-state index in [9.17, 15) is 4.79 Å². The molecule has 3 heterocycles. The van der Waals surface area contributed by atoms with Crippen LogP contribution >= 0.6 is 0 Å². The molecule has 1 N–H and O–H groups in total. The van der Waals surface area contributed by atoms with Crippen molar-refractivity contribution in [1.29, 1.82) is 0 Å². The second-order valence-corrected chi connectivity index (χ2v) is 11.8. The molecule has 0 aliphatic carbocycles. The molecule has 46 heavy (non-hydrogen) atoms. The summed E-state index contributed by atoms with van der Waals surface area (Å²) in [4.78, 5) is 21.4. The van der Waals surface area contributed by atoms with E-state index in [4.69, 9.17) is 10.1 Å². The number of aryl methyl sites for hydroxylation is 1. The monoisotopic (exact) mass is 606 g/mol. The molecule has 4 aromatic carbocycles. The number of nitrogens with one attached hydrogen (secondary N) is 1. The first-order valence-electron chi connectivity index (χ1n) is 16.0. The molecule has 6 aromatic rings. The minimum atomic E-state index is -0.680. The lowest BCUT2D eigenvalue weighted by Crippen LogP contribution is -2.51. The van der Waals surface area contributed by atoms with Crippen molar-refractivity contribution in [2.75, 3.05) is 37.6 Å². The molecule has 7 nitrogen and oxygen atoms in total. The highest BCUT2D eigenvalue weighted by molar-refractivity contribution is 5.95. The third kappa shape index (κ3) is 5.17. The van der Waals surface area contributed by atoms with Crippen molar-refractivity contribution >= 4 is 22.6 Å². The number of pyridine rings is 1. The number of carbonyl (C=O) groups excluding carboxylic acids is 1. The summed E-state index contributed by atoms with van der Waals surface area (Å²) >= 11 is 0. The van der Waals surface area contributed by atoms with E-state index in [2.05, 4.69) is 143 Å². The Balaban J connectivity index is 1.33. The number of nitrogens with zero attached hydrogens (tertiary/aromatic N) is 5. The minimum absolute atomic E-state index is 0.00842. The molecular weight excluding hydrogens is 568 g/mol. The van der Waals surface area contributed by atoms with Crippen LogP contribution in [0.5, 0.6) is 0 Å². The van der Waals surface area contributed by atoms with Crippen molar-refractivity contribution in [1.82, 2.24) is 25.0 Å². The topological polar surface area (TPSA) is 66.3 Å². The molecule has 0 saturated carbocycles. The van der Waals surface area contributed by atoms with Gasteiger partial charge in [-0.05, 0) is 54.3 Å². The van der Waals surface area contributed by atoms with Crippen molar-refractivity contribution in [3.63, 3.8) is 0 Å². The average molecular weight is 607 g/mol. The Morgan fingerprint density at radius 3 is 1.93 bits per heavy atom. The van der Waals surface area contributed by atoms with Crippen LogP contribution < -0.4 is 10.2 Å². The van der Waals surface area contributed by atoms with Crippen molar-refractivity contribution < 1.29 is 4.79 Å². The smallest absolute Gasteiger partial charge is 0.317 e. The predicted molar refractivity (Wildman–Crippen MR) is 185 cm³/mol. The zero-order chi connectivity index (χ0) is 31.5. The first kappa shape index (κ1) is 29.3. The second-order valence-electron chi connectivity index (χ2n) is 11.8. The van der Waals surface area contributed by atoms with Crippen LogP contribution in [0.3, 0.4) is 0 Å². The Morgan fingerprint density at radius 2 is 1.37 bits per heavy atom. The van der Waals surface area contributed by atoms with E-state index in [1.807, 2.05) is 18.0 Å². The quantitative estimate of drug-likeness (QED) is 0.197. The van der Waals surface area contributed by atoms with Gasteiger partial charge < -0.3 is 15.1 Å². The molecule has 0 bridgehead atoms. The number of aromatic nitrogens is 3. The molecule has 1 aliphatic rings. The maximum absolute atomic E-state index is 12.4. The Kier molecular flexibility index (Phi) is 7.97. The van der Waals surface area contributed by atoms with Crippen molar-refractivity contribution in [3.05, 3.63) is 150 Å². The van der Waals surface area contributed by atoms with E-state index in [1.165, 1.54) is 0 Å². The molecule has 0 radical (unpaired) electrons. The molecule has 7 heteroatoms. The summed E-state index contributed by atoms with van der Waals surface area (Å²) in [5.41, 5.74) is 7.94. The number of piperazine rings is 1. The van der Waals surface area contributed by atoms with E-state index < -0.39 is 5.54 Å². The lowest BCUT2D eigenvalue weighted by Gasteiger charge is -2.36. The van der Waals surface area contributed by atoms with Crippen LogP contribution in [0.15, 0.2) is 128 Å². The fourth-order valence-corrected chi connectivity index (χ4v) is 6.84. The van der Waals surface area contributed by atoms with Crippen LogP contribution in [0.1, 0.15) is 29.3 Å². The Bertz CT molecular complexity index is 1850. The number of urea groups is 1. The molecule has 7 rings (SSSR count). The van der Waals surface area contributed by atoms with Gasteiger partial charge in [0, 0.05) is 61.8 Å². The van der Waals surface area contributed by atoms with E-state index in [0.29, 0.717) is 19.6 Å². The number of benzene rings is 4. The first-order valence-corrected chi connectivity index (χ1v) is 16.0. The lowest BCUT2D eigenvalue weighted by molar-refractivity contribution is 0.195. The van der Waals surface area contributed by atoms with Crippen molar-refractivity contribution in [2.45, 2.75) is 19.4 Å². The number of hydrogen-bond donors (Lipinski definition) is 1. The highest BCUT2D eigenvalue weighted by Gasteiger charge is 2.39. The molecule has 2 aromatic heterocycles. The highest BCUT2D eigenvalue weighted by Crippen LogP contribution is 2.42. The second kappa shape index (κ2) is 12.5. The molecule has 0 unspecified atom stereocenters. The largest absolute Gasteiger partial charge is 0.367 e. The molecule has 1 aliphatic heterocycles. The van der Waals surface area contributed by atoms with Gasteiger partial charge in [0.1, 0.15) is 5.54 Å². The van der Waals surface area contributed by atoms with E-state index in [-0.39, 0.29) is 6.03 Å². The van der Waals surface area contributed by atoms with Crippen LogP contribution in [-0.2, 0) is 5.54 Å². The van der Waals surface area contributed by atoms with Gasteiger partial charge in [-0.25, -0.2) is 4.79 Å². The number of fused-ring (bicyclic) bond motifs is 1. The lowest BCUT2D eigenvalue weighted by atomic mass is 9.77. The van der Waals surface area contributed by atoms with Crippen LogP contribution in [0.25, 0.3) is 22.0 Å². The molecule has 2 amide bonds. The van der Waals surface area contributed by atoms with Crippen LogP contribution in [0.4, 0.5) is 10.5 Å². The summed E-state index contributed by atoms with van der Waals surface area (Å²) in [5, 5.41) is 9.29. The molecule has 1 saturated heterocycles. The summed E-state index contributed by atoms with van der Waals surface area (Å²) in [5.74, 6) is 0. The number of anilines is 1. The number of carbonyl (C=O) groups is 1. The van der Waals surface area contributed by atoms with E-state index in [0.717, 1.165) is 63.2 Å². The zero-order valence-electron chi connectivity index (χ0n) is 26.3. The maximum atomic E-state index is 12.4. The molecule has 0 spiro atoms. The highest BCUT2D eigenvalue weighted by atomic mass is 16.2. The molecule has 1 fully saturated rings. The zero-order valence-corrected chi connectivity index (χ0v) is 26.3. The SMILES string of the molecule is CCNC(=O)N1CCN(c2ccnc3ccc(-c4cn(C(c5ccccc5)(c5ccccc5)c5ccccc5)nc4C)cc23)CC1.